The maximum atomic E-state index is 11.3. The van der Waals surface area contributed by atoms with Crippen molar-refractivity contribution in [3.05, 3.63) is 0 Å². The number of hydrogen-bond donors (Lipinski definition) is 0. The highest BCUT2D eigenvalue weighted by molar-refractivity contribution is 5.71. The summed E-state index contributed by atoms with van der Waals surface area (Å²) in [5.41, 5.74) is 0. The summed E-state index contributed by atoms with van der Waals surface area (Å²) < 4.78 is 5.10. The van der Waals surface area contributed by atoms with Gasteiger partial charge in [0.1, 0.15) is 0 Å². The summed E-state index contributed by atoms with van der Waals surface area (Å²) in [6, 6.07) is 0. The highest BCUT2D eigenvalue weighted by atomic mass is 16.5. The predicted molar refractivity (Wildman–Crippen MR) is 56.2 cm³/mol. The number of carbonyl (C=O) groups is 1. The number of hydrogen-bond acceptors (Lipinski definition) is 3. The third-order valence-corrected chi connectivity index (χ3v) is 2.56. The van der Waals surface area contributed by atoms with Crippen molar-refractivity contribution in [1.82, 2.24) is 4.90 Å². The van der Waals surface area contributed by atoms with Crippen LogP contribution in [-0.4, -0.2) is 37.1 Å². The van der Waals surface area contributed by atoms with Gasteiger partial charge >= 0.3 is 5.97 Å². The lowest BCUT2D eigenvalue weighted by molar-refractivity contribution is -0.145. The van der Waals surface area contributed by atoms with Gasteiger partial charge in [-0.05, 0) is 32.4 Å². The van der Waals surface area contributed by atoms with Gasteiger partial charge in [0.2, 0.25) is 0 Å². The van der Waals surface area contributed by atoms with E-state index in [2.05, 4.69) is 11.8 Å². The van der Waals surface area contributed by atoms with Gasteiger partial charge in [0, 0.05) is 0 Å². The second-order valence-electron chi connectivity index (χ2n) is 3.91. The Balaban J connectivity index is 2.06. The summed E-state index contributed by atoms with van der Waals surface area (Å²) >= 11 is 0. The topological polar surface area (TPSA) is 29.5 Å². The van der Waals surface area contributed by atoms with Crippen LogP contribution in [0.3, 0.4) is 0 Å². The van der Waals surface area contributed by atoms with Crippen molar-refractivity contribution in [2.24, 2.45) is 0 Å². The molecule has 0 unspecified atom stereocenters. The SMILES string of the molecule is CCCCOC(=O)CN1CCCCC1. The Labute approximate surface area is 86.4 Å². The van der Waals surface area contributed by atoms with Gasteiger partial charge in [-0.25, -0.2) is 0 Å². The molecule has 3 heteroatoms. The largest absolute Gasteiger partial charge is 0.465 e. The lowest BCUT2D eigenvalue weighted by Crippen LogP contribution is -2.35. The van der Waals surface area contributed by atoms with Crippen molar-refractivity contribution in [2.45, 2.75) is 39.0 Å². The summed E-state index contributed by atoms with van der Waals surface area (Å²) in [6.45, 7) is 5.29. The minimum absolute atomic E-state index is 0.0552. The van der Waals surface area contributed by atoms with Crippen molar-refractivity contribution in [2.75, 3.05) is 26.2 Å². The first-order valence-corrected chi connectivity index (χ1v) is 5.71. The Morgan fingerprint density at radius 1 is 1.29 bits per heavy atom. The van der Waals surface area contributed by atoms with Crippen LogP contribution in [0.4, 0.5) is 0 Å². The quantitative estimate of drug-likeness (QED) is 0.499. The Kier molecular flexibility index (Phi) is 5.60. The fourth-order valence-electron chi connectivity index (χ4n) is 1.68. The molecule has 82 valence electrons. The summed E-state index contributed by atoms with van der Waals surface area (Å²) in [5, 5.41) is 0. The van der Waals surface area contributed by atoms with Gasteiger partial charge in [-0.15, -0.1) is 0 Å². The number of likely N-dealkylation sites (tertiary alicyclic amines) is 1. The molecule has 3 nitrogen and oxygen atoms in total. The maximum Gasteiger partial charge on any atom is 0.320 e. The third kappa shape index (κ3) is 4.61. The first-order valence-electron chi connectivity index (χ1n) is 5.71. The summed E-state index contributed by atoms with van der Waals surface area (Å²) in [7, 11) is 0. The number of ether oxygens (including phenoxy) is 1. The molecule has 1 aliphatic heterocycles. The van der Waals surface area contributed by atoms with E-state index in [1.165, 1.54) is 19.3 Å². The van der Waals surface area contributed by atoms with Crippen LogP contribution in [0.2, 0.25) is 0 Å². The summed E-state index contributed by atoms with van der Waals surface area (Å²) in [6.07, 6.45) is 5.81. The molecule has 0 aliphatic carbocycles. The van der Waals surface area contributed by atoms with Crippen LogP contribution in [0.25, 0.3) is 0 Å². The van der Waals surface area contributed by atoms with E-state index >= 15 is 0 Å². The molecule has 0 amide bonds. The van der Waals surface area contributed by atoms with Crippen molar-refractivity contribution in [1.29, 1.82) is 0 Å². The van der Waals surface area contributed by atoms with Gasteiger partial charge in [-0.2, -0.15) is 0 Å². The molecule has 1 rings (SSSR count). The molecular formula is C11H21NO2. The lowest BCUT2D eigenvalue weighted by atomic mass is 10.1. The molecule has 0 atom stereocenters. The van der Waals surface area contributed by atoms with Gasteiger partial charge in [0.15, 0.2) is 0 Å². The van der Waals surface area contributed by atoms with Crippen molar-refractivity contribution in [3.8, 4) is 0 Å². The van der Waals surface area contributed by atoms with Crippen LogP contribution in [0, 0.1) is 0 Å². The number of carbonyl (C=O) groups excluding carboxylic acids is 1. The Morgan fingerprint density at radius 2 is 2.00 bits per heavy atom. The molecule has 0 N–H and O–H groups in total. The van der Waals surface area contributed by atoms with E-state index in [1.807, 2.05) is 0 Å². The minimum atomic E-state index is -0.0552. The molecule has 1 saturated heterocycles. The standard InChI is InChI=1S/C11H21NO2/c1-2-3-9-14-11(13)10-12-7-5-4-6-8-12/h2-10H2,1H3. The molecule has 14 heavy (non-hydrogen) atoms. The molecule has 0 saturated carbocycles. The number of piperidine rings is 1. The van der Waals surface area contributed by atoms with Crippen molar-refractivity contribution in [3.63, 3.8) is 0 Å². The van der Waals surface area contributed by atoms with E-state index in [-0.39, 0.29) is 5.97 Å². The van der Waals surface area contributed by atoms with Gasteiger partial charge < -0.3 is 4.74 Å². The van der Waals surface area contributed by atoms with Gasteiger partial charge in [-0.1, -0.05) is 19.8 Å². The third-order valence-electron chi connectivity index (χ3n) is 2.56. The van der Waals surface area contributed by atoms with Crippen LogP contribution in [0.15, 0.2) is 0 Å². The number of rotatable bonds is 5. The van der Waals surface area contributed by atoms with Gasteiger partial charge in [-0.3, -0.25) is 9.69 Å². The molecule has 0 aromatic heterocycles. The van der Waals surface area contributed by atoms with E-state index in [4.69, 9.17) is 4.74 Å². The van der Waals surface area contributed by atoms with Crippen molar-refractivity contribution >= 4 is 5.97 Å². The highest BCUT2D eigenvalue weighted by Crippen LogP contribution is 2.08. The zero-order valence-electron chi connectivity index (χ0n) is 9.13. The van der Waals surface area contributed by atoms with E-state index < -0.39 is 0 Å². The van der Waals surface area contributed by atoms with Crippen LogP contribution in [-0.2, 0) is 9.53 Å². The molecule has 1 aliphatic rings. The van der Waals surface area contributed by atoms with Gasteiger partial charge in [0.05, 0.1) is 13.2 Å². The summed E-state index contributed by atoms with van der Waals surface area (Å²) in [5.74, 6) is -0.0552. The van der Waals surface area contributed by atoms with E-state index in [0.29, 0.717) is 13.2 Å². The predicted octanol–water partition coefficient (Wildman–Crippen LogP) is 1.82. The monoisotopic (exact) mass is 199 g/mol. The van der Waals surface area contributed by atoms with Gasteiger partial charge in [0.25, 0.3) is 0 Å². The number of nitrogens with zero attached hydrogens (tertiary/aromatic N) is 1. The average molecular weight is 199 g/mol. The Bertz CT molecular complexity index is 165. The Hall–Kier alpha value is -0.570. The van der Waals surface area contributed by atoms with Crippen LogP contribution in [0.1, 0.15) is 39.0 Å². The molecule has 1 fully saturated rings. The summed E-state index contributed by atoms with van der Waals surface area (Å²) in [4.78, 5) is 13.5. The first kappa shape index (κ1) is 11.5. The molecule has 1 heterocycles. The lowest BCUT2D eigenvalue weighted by Gasteiger charge is -2.25. The maximum absolute atomic E-state index is 11.3. The van der Waals surface area contributed by atoms with Crippen molar-refractivity contribution < 1.29 is 9.53 Å². The number of unbranched alkanes of at least 4 members (excludes halogenated alkanes) is 1. The smallest absolute Gasteiger partial charge is 0.320 e. The fourth-order valence-corrected chi connectivity index (χ4v) is 1.68. The van der Waals surface area contributed by atoms with E-state index in [0.717, 1.165) is 25.9 Å². The normalized spacial score (nSPS) is 18.1. The van der Waals surface area contributed by atoms with Crippen LogP contribution < -0.4 is 0 Å². The second-order valence-corrected chi connectivity index (χ2v) is 3.91. The fraction of sp³-hybridized carbons (Fsp3) is 0.909. The van der Waals surface area contributed by atoms with E-state index in [9.17, 15) is 4.79 Å². The first-order chi connectivity index (χ1) is 6.83. The Morgan fingerprint density at radius 3 is 2.64 bits per heavy atom. The van der Waals surface area contributed by atoms with Crippen LogP contribution in [0.5, 0.6) is 0 Å². The second kappa shape index (κ2) is 6.82. The van der Waals surface area contributed by atoms with Crippen LogP contribution >= 0.6 is 0 Å². The molecule has 0 aromatic rings. The number of esters is 1. The zero-order valence-corrected chi connectivity index (χ0v) is 9.13. The van der Waals surface area contributed by atoms with E-state index in [1.54, 1.807) is 0 Å². The average Bonchev–Trinajstić information content (AvgIpc) is 2.20. The molecule has 0 radical (unpaired) electrons. The molecular weight excluding hydrogens is 178 g/mol. The minimum Gasteiger partial charge on any atom is -0.465 e. The molecule has 0 bridgehead atoms. The molecule has 0 aromatic carbocycles. The zero-order chi connectivity index (χ0) is 10.2. The molecule has 0 spiro atoms. The highest BCUT2D eigenvalue weighted by Gasteiger charge is 2.14.